The average molecular weight is 385 g/mol. The van der Waals surface area contributed by atoms with Crippen LogP contribution in [-0.2, 0) is 20.1 Å². The van der Waals surface area contributed by atoms with Crippen LogP contribution in [0.25, 0.3) is 11.1 Å². The van der Waals surface area contributed by atoms with Crippen LogP contribution in [0, 0.1) is 6.92 Å². The molecule has 0 spiro atoms. The van der Waals surface area contributed by atoms with Crippen LogP contribution in [0.2, 0.25) is 0 Å². The Balaban J connectivity index is 1.63. The summed E-state index contributed by atoms with van der Waals surface area (Å²) >= 11 is 0. The third-order valence-corrected chi connectivity index (χ3v) is 4.81. The Morgan fingerprint density at radius 1 is 1.03 bits per heavy atom. The fourth-order valence-corrected chi connectivity index (χ4v) is 3.44. The summed E-state index contributed by atoms with van der Waals surface area (Å²) in [6.07, 6.45) is 3.46. The zero-order valence-electron chi connectivity index (χ0n) is 16.5. The molecule has 4 rings (SSSR count). The summed E-state index contributed by atoms with van der Waals surface area (Å²) in [5, 5.41) is 4.32. The predicted octanol–water partition coefficient (Wildman–Crippen LogP) is 3.96. The Kier molecular flexibility index (Phi) is 5.24. The highest BCUT2D eigenvalue weighted by Crippen LogP contribution is 2.22. The van der Waals surface area contributed by atoms with Crippen molar-refractivity contribution in [3.63, 3.8) is 0 Å². The molecule has 6 nitrogen and oxygen atoms in total. The molecule has 0 aliphatic heterocycles. The van der Waals surface area contributed by atoms with Gasteiger partial charge in [0.05, 0.1) is 12.2 Å². The smallest absolute Gasteiger partial charge is 0.272 e. The molecule has 0 saturated carbocycles. The first-order valence-corrected chi connectivity index (χ1v) is 9.52. The molecule has 0 bridgehead atoms. The number of nitrogens with one attached hydrogen (secondary N) is 1. The highest BCUT2D eigenvalue weighted by Gasteiger charge is 2.21. The van der Waals surface area contributed by atoms with Gasteiger partial charge in [0.15, 0.2) is 0 Å². The second-order valence-corrected chi connectivity index (χ2v) is 7.06. The van der Waals surface area contributed by atoms with Crippen molar-refractivity contribution in [3.05, 3.63) is 95.8 Å². The monoisotopic (exact) mass is 385 g/mol. The largest absolute Gasteiger partial charge is 0.347 e. The van der Waals surface area contributed by atoms with Gasteiger partial charge in [-0.2, -0.15) is 5.10 Å². The molecule has 0 unspecified atom stereocenters. The molecule has 146 valence electrons. The summed E-state index contributed by atoms with van der Waals surface area (Å²) < 4.78 is 1.63. The lowest BCUT2D eigenvalue weighted by atomic mass is 10.0. The lowest BCUT2D eigenvalue weighted by Crippen LogP contribution is -2.32. The van der Waals surface area contributed by atoms with Crippen LogP contribution in [-0.4, -0.2) is 30.6 Å². The van der Waals surface area contributed by atoms with Gasteiger partial charge in [-0.05, 0) is 35.7 Å². The van der Waals surface area contributed by atoms with Crippen molar-refractivity contribution >= 4 is 5.91 Å². The molecule has 0 aliphatic rings. The number of aromatic nitrogens is 4. The van der Waals surface area contributed by atoms with Crippen molar-refractivity contribution < 1.29 is 4.79 Å². The molecule has 6 heteroatoms. The summed E-state index contributed by atoms with van der Waals surface area (Å²) in [6, 6.07) is 20.3. The third-order valence-electron chi connectivity index (χ3n) is 4.81. The van der Waals surface area contributed by atoms with Crippen LogP contribution in [0.5, 0.6) is 0 Å². The van der Waals surface area contributed by atoms with Crippen molar-refractivity contribution in [3.8, 4) is 11.1 Å². The number of carbonyl (C=O) groups is 1. The van der Waals surface area contributed by atoms with E-state index in [1.54, 1.807) is 29.0 Å². The van der Waals surface area contributed by atoms with E-state index in [1.165, 1.54) is 0 Å². The molecule has 2 aromatic carbocycles. The first-order chi connectivity index (χ1) is 14.1. The van der Waals surface area contributed by atoms with Crippen molar-refractivity contribution in [2.45, 2.75) is 20.0 Å². The number of nitrogens with zero attached hydrogens (tertiary/aromatic N) is 4. The van der Waals surface area contributed by atoms with Gasteiger partial charge in [-0.25, -0.2) is 4.98 Å². The number of carbonyl (C=O) groups excluding carboxylic acids is 1. The van der Waals surface area contributed by atoms with E-state index in [2.05, 4.69) is 39.3 Å². The number of hydrogen-bond acceptors (Lipinski definition) is 3. The van der Waals surface area contributed by atoms with Crippen LogP contribution >= 0.6 is 0 Å². The van der Waals surface area contributed by atoms with Gasteiger partial charge in [0.1, 0.15) is 11.5 Å². The van der Waals surface area contributed by atoms with Gasteiger partial charge in [-0.15, -0.1) is 0 Å². The van der Waals surface area contributed by atoms with E-state index in [-0.39, 0.29) is 5.91 Å². The molecular formula is C23H23N5O. The van der Waals surface area contributed by atoms with E-state index in [0.717, 1.165) is 28.2 Å². The van der Waals surface area contributed by atoms with Crippen molar-refractivity contribution in [1.29, 1.82) is 0 Å². The Labute approximate surface area is 169 Å². The lowest BCUT2D eigenvalue weighted by Gasteiger charge is -2.22. The van der Waals surface area contributed by atoms with Gasteiger partial charge in [-0.1, -0.05) is 48.5 Å². The summed E-state index contributed by atoms with van der Waals surface area (Å²) in [4.78, 5) is 22.5. The molecule has 4 aromatic rings. The zero-order valence-corrected chi connectivity index (χ0v) is 16.5. The first-order valence-electron chi connectivity index (χ1n) is 9.52. The molecule has 29 heavy (non-hydrogen) atoms. The quantitative estimate of drug-likeness (QED) is 0.546. The van der Waals surface area contributed by atoms with Crippen LogP contribution in [0.3, 0.4) is 0 Å². The molecule has 0 atom stereocenters. The molecular weight excluding hydrogens is 362 g/mol. The average Bonchev–Trinajstić information content (AvgIpc) is 3.37. The highest BCUT2D eigenvalue weighted by atomic mass is 16.2. The number of hydrogen-bond donors (Lipinski definition) is 1. The van der Waals surface area contributed by atoms with Gasteiger partial charge >= 0.3 is 0 Å². The molecule has 0 fully saturated rings. The molecule has 1 amide bonds. The topological polar surface area (TPSA) is 66.8 Å². The van der Waals surface area contributed by atoms with E-state index in [9.17, 15) is 4.79 Å². The number of aromatic amines is 1. The Bertz CT molecular complexity index is 1100. The SMILES string of the molecule is Cc1cc(C(=O)N(Cc2cccc(-c3ccccc3)c2)Cc2ncc[nH]2)n(C)n1. The second-order valence-electron chi connectivity index (χ2n) is 7.06. The number of benzene rings is 2. The van der Waals surface area contributed by atoms with Crippen LogP contribution in [0.1, 0.15) is 27.6 Å². The van der Waals surface area contributed by atoms with E-state index >= 15 is 0 Å². The molecule has 1 N–H and O–H groups in total. The minimum atomic E-state index is -0.0744. The van der Waals surface area contributed by atoms with Crippen molar-refractivity contribution in [2.24, 2.45) is 7.05 Å². The van der Waals surface area contributed by atoms with E-state index in [1.807, 2.05) is 43.3 Å². The van der Waals surface area contributed by atoms with Gasteiger partial charge in [0, 0.05) is 26.0 Å². The highest BCUT2D eigenvalue weighted by molar-refractivity contribution is 5.92. The number of rotatable bonds is 6. The normalized spacial score (nSPS) is 10.8. The molecule has 0 saturated heterocycles. The van der Waals surface area contributed by atoms with E-state index in [0.29, 0.717) is 18.8 Å². The standard InChI is InChI=1S/C23H23N5O/c1-17-13-21(27(2)26-17)23(29)28(16-22-24-11-12-25-22)15-18-7-6-10-20(14-18)19-8-4-3-5-9-19/h3-14H,15-16H2,1-2H3,(H,24,25). The lowest BCUT2D eigenvalue weighted by molar-refractivity contribution is 0.0714. The van der Waals surface area contributed by atoms with Crippen molar-refractivity contribution in [2.75, 3.05) is 0 Å². The van der Waals surface area contributed by atoms with E-state index in [4.69, 9.17) is 0 Å². The first kappa shape index (κ1) is 18.7. The summed E-state index contributed by atoms with van der Waals surface area (Å²) in [6.45, 7) is 2.76. The predicted molar refractivity (Wildman–Crippen MR) is 112 cm³/mol. The molecule has 0 aliphatic carbocycles. The number of H-pyrrole nitrogens is 1. The maximum Gasteiger partial charge on any atom is 0.272 e. The van der Waals surface area contributed by atoms with Gasteiger partial charge < -0.3 is 9.88 Å². The molecule has 0 radical (unpaired) electrons. The number of aryl methyl sites for hydroxylation is 2. The van der Waals surface area contributed by atoms with E-state index < -0.39 is 0 Å². The fourth-order valence-electron chi connectivity index (χ4n) is 3.44. The summed E-state index contributed by atoms with van der Waals surface area (Å²) in [7, 11) is 1.79. The maximum absolute atomic E-state index is 13.3. The minimum absolute atomic E-state index is 0.0744. The van der Waals surface area contributed by atoms with Gasteiger partial charge in [0.2, 0.25) is 0 Å². The molecule has 2 heterocycles. The van der Waals surface area contributed by atoms with Gasteiger partial charge in [-0.3, -0.25) is 9.48 Å². The van der Waals surface area contributed by atoms with Crippen LogP contribution in [0.15, 0.2) is 73.1 Å². The third kappa shape index (κ3) is 4.27. The van der Waals surface area contributed by atoms with Gasteiger partial charge in [0.25, 0.3) is 5.91 Å². The van der Waals surface area contributed by atoms with Crippen molar-refractivity contribution in [1.82, 2.24) is 24.6 Å². The Morgan fingerprint density at radius 2 is 1.83 bits per heavy atom. The minimum Gasteiger partial charge on any atom is -0.347 e. The maximum atomic E-state index is 13.3. The Morgan fingerprint density at radius 3 is 2.52 bits per heavy atom. The second kappa shape index (κ2) is 8.14. The molecule has 2 aromatic heterocycles. The Hall–Kier alpha value is -3.67. The summed E-state index contributed by atoms with van der Waals surface area (Å²) in [5.74, 6) is 0.672. The number of imidazole rings is 1. The number of amides is 1. The van der Waals surface area contributed by atoms with Crippen LogP contribution in [0.4, 0.5) is 0 Å². The fraction of sp³-hybridized carbons (Fsp3) is 0.174. The zero-order chi connectivity index (χ0) is 20.2. The van der Waals surface area contributed by atoms with Crippen LogP contribution < -0.4 is 0 Å². The summed E-state index contributed by atoms with van der Waals surface area (Å²) in [5.41, 5.74) is 4.73.